The van der Waals surface area contributed by atoms with Gasteiger partial charge < -0.3 is 11.1 Å². The molecule has 3 N–H and O–H groups in total. The van der Waals surface area contributed by atoms with Gasteiger partial charge in [-0.3, -0.25) is 0 Å². The Morgan fingerprint density at radius 3 is 2.63 bits per heavy atom. The molecule has 0 atom stereocenters. The van der Waals surface area contributed by atoms with Crippen molar-refractivity contribution in [3.05, 3.63) is 53.3 Å². The van der Waals surface area contributed by atoms with Crippen LogP contribution in [-0.4, -0.2) is 11.5 Å². The number of rotatable bonds is 4. The van der Waals surface area contributed by atoms with E-state index in [1.165, 1.54) is 12.1 Å². The summed E-state index contributed by atoms with van der Waals surface area (Å²) in [5, 5.41) is 2.69. The summed E-state index contributed by atoms with van der Waals surface area (Å²) in [5.41, 5.74) is 6.02. The second-order valence-electron chi connectivity index (χ2n) is 3.99. The van der Waals surface area contributed by atoms with Crippen molar-refractivity contribution in [2.24, 2.45) is 0 Å². The fraction of sp³-hybridized carbons (Fsp3) is 0.154. The van der Waals surface area contributed by atoms with Gasteiger partial charge in [-0.15, -0.1) is 0 Å². The van der Waals surface area contributed by atoms with Crippen LogP contribution in [0.4, 0.5) is 24.8 Å². The summed E-state index contributed by atoms with van der Waals surface area (Å²) in [6.07, 6.45) is 0.482. The molecule has 100 valence electrons. The van der Waals surface area contributed by atoms with Crippen molar-refractivity contribution >= 4 is 11.6 Å². The molecule has 0 aliphatic carbocycles. The molecule has 2 rings (SSSR count). The normalized spacial score (nSPS) is 10.5. The number of nitrogens with zero attached hydrogens (tertiary/aromatic N) is 1. The number of hydrogen-bond donors (Lipinski definition) is 2. The van der Waals surface area contributed by atoms with Crippen molar-refractivity contribution in [2.45, 2.75) is 6.42 Å². The molecule has 0 amide bonds. The molecule has 1 aromatic heterocycles. The molecule has 0 radical (unpaired) electrons. The van der Waals surface area contributed by atoms with Gasteiger partial charge in [-0.2, -0.15) is 0 Å². The zero-order valence-electron chi connectivity index (χ0n) is 9.96. The summed E-state index contributed by atoms with van der Waals surface area (Å²) in [7, 11) is 0. The van der Waals surface area contributed by atoms with Crippen molar-refractivity contribution in [3.63, 3.8) is 0 Å². The molecule has 0 fully saturated rings. The number of nitrogens with one attached hydrogen (secondary N) is 1. The zero-order chi connectivity index (χ0) is 13.8. The van der Waals surface area contributed by atoms with E-state index in [4.69, 9.17) is 5.73 Å². The SMILES string of the molecule is Nc1nc(NCCc2cccc(F)c2)c(F)cc1F. The van der Waals surface area contributed by atoms with Crippen LogP contribution in [0.15, 0.2) is 30.3 Å². The van der Waals surface area contributed by atoms with Gasteiger partial charge in [-0.25, -0.2) is 18.2 Å². The lowest BCUT2D eigenvalue weighted by atomic mass is 10.1. The highest BCUT2D eigenvalue weighted by Gasteiger charge is 2.09. The molecule has 6 heteroatoms. The molecule has 0 aliphatic heterocycles. The Morgan fingerprint density at radius 1 is 1.11 bits per heavy atom. The first-order valence-corrected chi connectivity index (χ1v) is 5.66. The van der Waals surface area contributed by atoms with Gasteiger partial charge in [0.15, 0.2) is 23.3 Å². The van der Waals surface area contributed by atoms with Gasteiger partial charge >= 0.3 is 0 Å². The highest BCUT2D eigenvalue weighted by Crippen LogP contribution is 2.16. The Hall–Kier alpha value is -2.24. The molecule has 19 heavy (non-hydrogen) atoms. The first-order chi connectivity index (χ1) is 9.06. The number of aromatic nitrogens is 1. The topological polar surface area (TPSA) is 50.9 Å². The summed E-state index contributed by atoms with van der Waals surface area (Å²) in [6.45, 7) is 0.332. The highest BCUT2D eigenvalue weighted by atomic mass is 19.1. The molecular formula is C13H12F3N3. The van der Waals surface area contributed by atoms with Gasteiger partial charge in [0.05, 0.1) is 0 Å². The van der Waals surface area contributed by atoms with Gasteiger partial charge in [-0.05, 0) is 24.1 Å². The molecule has 2 aromatic rings. The van der Waals surface area contributed by atoms with E-state index in [9.17, 15) is 13.2 Å². The third-order valence-electron chi connectivity index (χ3n) is 2.55. The fourth-order valence-corrected chi connectivity index (χ4v) is 1.62. The van der Waals surface area contributed by atoms with Crippen LogP contribution in [0.2, 0.25) is 0 Å². The summed E-state index contributed by atoms with van der Waals surface area (Å²) in [4.78, 5) is 3.56. The molecule has 0 saturated heterocycles. The molecular weight excluding hydrogens is 255 g/mol. The molecule has 1 heterocycles. The minimum Gasteiger partial charge on any atom is -0.381 e. The Bertz CT molecular complexity index is 587. The summed E-state index contributed by atoms with van der Waals surface area (Å²) >= 11 is 0. The summed E-state index contributed by atoms with van der Waals surface area (Å²) < 4.78 is 39.2. The predicted octanol–water partition coefficient (Wildman–Crippen LogP) is 2.74. The monoisotopic (exact) mass is 267 g/mol. The average Bonchev–Trinajstić information content (AvgIpc) is 2.35. The predicted molar refractivity (Wildman–Crippen MR) is 67.2 cm³/mol. The minimum absolute atomic E-state index is 0.115. The first-order valence-electron chi connectivity index (χ1n) is 5.66. The Labute approximate surface area is 108 Å². The van der Waals surface area contributed by atoms with Gasteiger partial charge in [0, 0.05) is 12.6 Å². The van der Waals surface area contributed by atoms with Crippen LogP contribution in [-0.2, 0) is 6.42 Å². The lowest BCUT2D eigenvalue weighted by molar-refractivity contribution is 0.579. The van der Waals surface area contributed by atoms with Crippen LogP contribution >= 0.6 is 0 Å². The van der Waals surface area contributed by atoms with E-state index in [-0.39, 0.29) is 17.5 Å². The third kappa shape index (κ3) is 3.37. The Kier molecular flexibility index (Phi) is 3.89. The average molecular weight is 267 g/mol. The number of nitrogen functional groups attached to an aromatic ring is 1. The van der Waals surface area contributed by atoms with Gasteiger partial charge in [0.1, 0.15) is 5.82 Å². The maximum Gasteiger partial charge on any atom is 0.168 e. The van der Waals surface area contributed by atoms with E-state index >= 15 is 0 Å². The van der Waals surface area contributed by atoms with Gasteiger partial charge in [-0.1, -0.05) is 12.1 Å². The van der Waals surface area contributed by atoms with E-state index in [1.807, 2.05) is 0 Å². The van der Waals surface area contributed by atoms with Crippen LogP contribution in [0.3, 0.4) is 0 Å². The quantitative estimate of drug-likeness (QED) is 0.895. The smallest absolute Gasteiger partial charge is 0.168 e. The summed E-state index contributed by atoms with van der Waals surface area (Å²) in [6, 6.07) is 6.77. The minimum atomic E-state index is -0.895. The van der Waals surface area contributed by atoms with Crippen molar-refractivity contribution in [2.75, 3.05) is 17.6 Å². The van der Waals surface area contributed by atoms with E-state index in [2.05, 4.69) is 10.3 Å². The van der Waals surface area contributed by atoms with Crippen molar-refractivity contribution in [3.8, 4) is 0 Å². The van der Waals surface area contributed by atoms with Crippen LogP contribution in [0, 0.1) is 17.5 Å². The van der Waals surface area contributed by atoms with E-state index in [0.29, 0.717) is 19.0 Å². The largest absolute Gasteiger partial charge is 0.381 e. The van der Waals surface area contributed by atoms with E-state index in [0.717, 1.165) is 5.56 Å². The number of halogens is 3. The maximum absolute atomic E-state index is 13.3. The number of anilines is 2. The molecule has 0 spiro atoms. The number of pyridine rings is 1. The molecule has 1 aromatic carbocycles. The third-order valence-corrected chi connectivity index (χ3v) is 2.55. The van der Waals surface area contributed by atoms with E-state index < -0.39 is 11.6 Å². The second-order valence-corrected chi connectivity index (χ2v) is 3.99. The van der Waals surface area contributed by atoms with Crippen molar-refractivity contribution < 1.29 is 13.2 Å². The van der Waals surface area contributed by atoms with Crippen LogP contribution in [0.5, 0.6) is 0 Å². The van der Waals surface area contributed by atoms with Gasteiger partial charge in [0.2, 0.25) is 0 Å². The molecule has 0 saturated carbocycles. The lowest BCUT2D eigenvalue weighted by Crippen LogP contribution is -2.10. The summed E-state index contributed by atoms with van der Waals surface area (Å²) in [5.74, 6) is -2.52. The number of hydrogen-bond acceptors (Lipinski definition) is 3. The lowest BCUT2D eigenvalue weighted by Gasteiger charge is -2.08. The molecule has 0 unspecified atom stereocenters. The Morgan fingerprint density at radius 2 is 1.89 bits per heavy atom. The highest BCUT2D eigenvalue weighted by molar-refractivity contribution is 5.44. The van der Waals surface area contributed by atoms with Crippen molar-refractivity contribution in [1.82, 2.24) is 4.98 Å². The van der Waals surface area contributed by atoms with Crippen molar-refractivity contribution in [1.29, 1.82) is 0 Å². The zero-order valence-corrected chi connectivity index (χ0v) is 9.96. The maximum atomic E-state index is 13.3. The molecule has 3 nitrogen and oxygen atoms in total. The standard InChI is InChI=1S/C13H12F3N3/c14-9-3-1-2-8(6-9)4-5-18-13-11(16)7-10(15)12(17)19-13/h1-3,6-7H,4-5H2,(H3,17,18,19). The number of benzene rings is 1. The van der Waals surface area contributed by atoms with Gasteiger partial charge in [0.25, 0.3) is 0 Å². The Balaban J connectivity index is 1.98. The van der Waals surface area contributed by atoms with E-state index in [1.54, 1.807) is 12.1 Å². The second kappa shape index (κ2) is 5.60. The van der Waals surface area contributed by atoms with Crippen LogP contribution < -0.4 is 11.1 Å². The number of nitrogens with two attached hydrogens (primary N) is 1. The first kappa shape index (κ1) is 13.2. The van der Waals surface area contributed by atoms with Crippen LogP contribution in [0.25, 0.3) is 0 Å². The fourth-order valence-electron chi connectivity index (χ4n) is 1.62. The van der Waals surface area contributed by atoms with Crippen LogP contribution in [0.1, 0.15) is 5.56 Å². The molecule has 0 bridgehead atoms. The molecule has 0 aliphatic rings.